The average Bonchev–Trinajstić information content (AvgIpc) is 2.53. The predicted molar refractivity (Wildman–Crippen MR) is 55.3 cm³/mol. The van der Waals surface area contributed by atoms with E-state index in [4.69, 9.17) is 15.2 Å². The molecule has 0 aliphatic carbocycles. The second-order valence-corrected chi connectivity index (χ2v) is 3.34. The Kier molecular flexibility index (Phi) is 2.87. The monoisotopic (exact) mass is 207 g/mol. The minimum Gasteiger partial charge on any atom is -0.489 e. The van der Waals surface area contributed by atoms with Gasteiger partial charge in [0, 0.05) is 18.5 Å². The molecule has 1 aliphatic heterocycles. The second-order valence-electron chi connectivity index (χ2n) is 3.34. The van der Waals surface area contributed by atoms with Crippen LogP contribution in [-0.4, -0.2) is 19.5 Å². The number of rotatable bonds is 2. The fourth-order valence-corrected chi connectivity index (χ4v) is 1.59. The summed E-state index contributed by atoms with van der Waals surface area (Å²) in [5.41, 5.74) is 6.98. The van der Waals surface area contributed by atoms with E-state index in [2.05, 4.69) is 0 Å². The van der Waals surface area contributed by atoms with Crippen LogP contribution in [0.25, 0.3) is 0 Å². The summed E-state index contributed by atoms with van der Waals surface area (Å²) >= 11 is 0. The van der Waals surface area contributed by atoms with Crippen molar-refractivity contribution in [2.45, 2.75) is 13.0 Å². The fourth-order valence-electron chi connectivity index (χ4n) is 1.59. The lowest BCUT2D eigenvalue weighted by molar-refractivity contribution is 0.111. The summed E-state index contributed by atoms with van der Waals surface area (Å²) in [5.74, 6) is 1.16. The van der Waals surface area contributed by atoms with Gasteiger partial charge in [-0.2, -0.15) is 0 Å². The number of fused-ring (bicyclic) bond motifs is 1. The standard InChI is InChI=1S/C11H13NO3/c12-6-8-2-3-9(7-13)11-10(8)14-4-1-5-15-11/h2-3,7H,1,4-6,12H2. The summed E-state index contributed by atoms with van der Waals surface area (Å²) in [6.45, 7) is 1.55. The lowest BCUT2D eigenvalue weighted by atomic mass is 10.1. The second kappa shape index (κ2) is 4.31. The molecule has 15 heavy (non-hydrogen) atoms. The van der Waals surface area contributed by atoms with Crippen LogP contribution in [0.1, 0.15) is 22.3 Å². The molecule has 0 fully saturated rings. The highest BCUT2D eigenvalue weighted by molar-refractivity contribution is 5.81. The molecule has 0 amide bonds. The highest BCUT2D eigenvalue weighted by Crippen LogP contribution is 2.35. The molecule has 0 spiro atoms. The van der Waals surface area contributed by atoms with Crippen molar-refractivity contribution in [2.24, 2.45) is 5.73 Å². The molecule has 1 aliphatic rings. The van der Waals surface area contributed by atoms with Crippen LogP contribution in [0.5, 0.6) is 11.5 Å². The molecule has 0 radical (unpaired) electrons. The number of carbonyl (C=O) groups is 1. The van der Waals surface area contributed by atoms with Gasteiger partial charge in [-0.15, -0.1) is 0 Å². The Hall–Kier alpha value is -1.55. The van der Waals surface area contributed by atoms with Crippen LogP contribution < -0.4 is 15.2 Å². The third kappa shape index (κ3) is 1.80. The van der Waals surface area contributed by atoms with Crippen LogP contribution >= 0.6 is 0 Å². The van der Waals surface area contributed by atoms with E-state index in [9.17, 15) is 4.79 Å². The highest BCUT2D eigenvalue weighted by Gasteiger charge is 2.17. The quantitative estimate of drug-likeness (QED) is 0.738. The summed E-state index contributed by atoms with van der Waals surface area (Å²) < 4.78 is 11.1. The molecule has 0 unspecified atom stereocenters. The molecule has 0 saturated carbocycles. The first kappa shape index (κ1) is 9.98. The van der Waals surface area contributed by atoms with Crippen LogP contribution in [0.15, 0.2) is 12.1 Å². The smallest absolute Gasteiger partial charge is 0.171 e. The zero-order chi connectivity index (χ0) is 10.7. The molecule has 4 nitrogen and oxygen atoms in total. The first-order valence-electron chi connectivity index (χ1n) is 4.93. The van der Waals surface area contributed by atoms with Crippen LogP contribution in [0.3, 0.4) is 0 Å². The van der Waals surface area contributed by atoms with Crippen molar-refractivity contribution in [3.8, 4) is 11.5 Å². The van der Waals surface area contributed by atoms with Crippen LogP contribution in [0, 0.1) is 0 Å². The van der Waals surface area contributed by atoms with Crippen molar-refractivity contribution in [1.82, 2.24) is 0 Å². The SMILES string of the molecule is NCc1ccc(C=O)c2c1OCCCO2. The average molecular weight is 207 g/mol. The third-order valence-corrected chi connectivity index (χ3v) is 2.35. The Morgan fingerprint density at radius 3 is 2.67 bits per heavy atom. The molecular weight excluding hydrogens is 194 g/mol. The predicted octanol–water partition coefficient (Wildman–Crippen LogP) is 1.12. The number of carbonyl (C=O) groups excluding carboxylic acids is 1. The van der Waals surface area contributed by atoms with Gasteiger partial charge in [0.15, 0.2) is 17.8 Å². The van der Waals surface area contributed by atoms with Crippen molar-refractivity contribution in [3.63, 3.8) is 0 Å². The lowest BCUT2D eigenvalue weighted by Crippen LogP contribution is -2.03. The molecule has 0 bridgehead atoms. The summed E-state index contributed by atoms with van der Waals surface area (Å²) in [5, 5.41) is 0. The zero-order valence-corrected chi connectivity index (χ0v) is 8.36. The van der Waals surface area contributed by atoms with E-state index in [0.29, 0.717) is 36.8 Å². The minimum absolute atomic E-state index is 0.380. The molecule has 1 aromatic rings. The van der Waals surface area contributed by atoms with Gasteiger partial charge in [0.25, 0.3) is 0 Å². The molecule has 1 heterocycles. The minimum atomic E-state index is 0.380. The van der Waals surface area contributed by atoms with E-state index in [1.165, 1.54) is 0 Å². The summed E-state index contributed by atoms with van der Waals surface area (Å²) in [6.07, 6.45) is 1.59. The van der Waals surface area contributed by atoms with E-state index in [0.717, 1.165) is 18.3 Å². The molecule has 80 valence electrons. The summed E-state index contributed by atoms with van der Waals surface area (Å²) in [7, 11) is 0. The number of hydrogen-bond acceptors (Lipinski definition) is 4. The summed E-state index contributed by atoms with van der Waals surface area (Å²) in [6, 6.07) is 3.51. The highest BCUT2D eigenvalue weighted by atomic mass is 16.5. The summed E-state index contributed by atoms with van der Waals surface area (Å²) in [4.78, 5) is 10.8. The first-order valence-corrected chi connectivity index (χ1v) is 4.93. The van der Waals surface area contributed by atoms with Gasteiger partial charge in [-0.05, 0) is 6.07 Å². The maximum absolute atomic E-state index is 10.8. The van der Waals surface area contributed by atoms with Crippen LogP contribution in [0.4, 0.5) is 0 Å². The van der Waals surface area contributed by atoms with E-state index in [-0.39, 0.29) is 0 Å². The third-order valence-electron chi connectivity index (χ3n) is 2.35. The molecular formula is C11H13NO3. The topological polar surface area (TPSA) is 61.6 Å². The van der Waals surface area contributed by atoms with Gasteiger partial charge < -0.3 is 15.2 Å². The van der Waals surface area contributed by atoms with Gasteiger partial charge in [-0.3, -0.25) is 4.79 Å². The molecule has 2 rings (SSSR count). The van der Waals surface area contributed by atoms with Crippen molar-refractivity contribution < 1.29 is 14.3 Å². The maximum Gasteiger partial charge on any atom is 0.171 e. The largest absolute Gasteiger partial charge is 0.489 e. The lowest BCUT2D eigenvalue weighted by Gasteiger charge is -2.12. The van der Waals surface area contributed by atoms with Crippen molar-refractivity contribution in [2.75, 3.05) is 13.2 Å². The Morgan fingerprint density at radius 2 is 2.00 bits per heavy atom. The normalized spacial score (nSPS) is 14.5. The van der Waals surface area contributed by atoms with Crippen LogP contribution in [0.2, 0.25) is 0 Å². The molecule has 1 aromatic carbocycles. The molecule has 2 N–H and O–H groups in total. The molecule has 0 atom stereocenters. The van der Waals surface area contributed by atoms with Gasteiger partial charge in [0.2, 0.25) is 0 Å². The van der Waals surface area contributed by atoms with Gasteiger partial charge in [0.05, 0.1) is 18.8 Å². The Balaban J connectivity index is 2.53. The van der Waals surface area contributed by atoms with E-state index in [1.54, 1.807) is 12.1 Å². The first-order chi connectivity index (χ1) is 7.36. The van der Waals surface area contributed by atoms with Gasteiger partial charge in [-0.1, -0.05) is 6.07 Å². The number of nitrogens with two attached hydrogens (primary N) is 1. The van der Waals surface area contributed by atoms with E-state index < -0.39 is 0 Å². The molecule has 0 saturated heterocycles. The molecule has 4 heteroatoms. The maximum atomic E-state index is 10.8. The Morgan fingerprint density at radius 1 is 1.27 bits per heavy atom. The molecule has 0 aromatic heterocycles. The van der Waals surface area contributed by atoms with Crippen molar-refractivity contribution in [3.05, 3.63) is 23.3 Å². The number of benzene rings is 1. The zero-order valence-electron chi connectivity index (χ0n) is 8.36. The van der Waals surface area contributed by atoms with Gasteiger partial charge in [-0.25, -0.2) is 0 Å². The van der Waals surface area contributed by atoms with Crippen molar-refractivity contribution >= 4 is 6.29 Å². The van der Waals surface area contributed by atoms with Gasteiger partial charge in [0.1, 0.15) is 0 Å². The Bertz CT molecular complexity index is 376. The Labute approximate surface area is 88.0 Å². The van der Waals surface area contributed by atoms with Crippen LogP contribution in [-0.2, 0) is 6.54 Å². The number of hydrogen-bond donors (Lipinski definition) is 1. The van der Waals surface area contributed by atoms with Gasteiger partial charge >= 0.3 is 0 Å². The number of ether oxygens (including phenoxy) is 2. The fraction of sp³-hybridized carbons (Fsp3) is 0.364. The number of aldehydes is 1. The van der Waals surface area contributed by atoms with Crippen molar-refractivity contribution in [1.29, 1.82) is 0 Å². The van der Waals surface area contributed by atoms with E-state index >= 15 is 0 Å². The van der Waals surface area contributed by atoms with E-state index in [1.807, 2.05) is 0 Å².